The van der Waals surface area contributed by atoms with Crippen molar-refractivity contribution in [3.8, 4) is 0 Å². The Morgan fingerprint density at radius 2 is 1.93 bits per heavy atom. The molecule has 0 aromatic rings. The minimum Gasteiger partial charge on any atom is -0.481 e. The van der Waals surface area contributed by atoms with E-state index in [1.165, 1.54) is 0 Å². The van der Waals surface area contributed by atoms with Gasteiger partial charge in [0.25, 0.3) is 0 Å². The zero-order chi connectivity index (χ0) is 10.8. The quantitative estimate of drug-likeness (QED) is 0.760. The van der Waals surface area contributed by atoms with Crippen LogP contribution in [0, 0.1) is 10.8 Å². The molecule has 1 heterocycles. The number of carbonyl (C=O) groups is 1. The van der Waals surface area contributed by atoms with Crippen molar-refractivity contribution in [1.82, 2.24) is 0 Å². The van der Waals surface area contributed by atoms with Crippen molar-refractivity contribution in [2.45, 2.75) is 40.0 Å². The molecule has 0 amide bonds. The summed E-state index contributed by atoms with van der Waals surface area (Å²) in [7, 11) is 0. The largest absolute Gasteiger partial charge is 0.481 e. The fourth-order valence-electron chi connectivity index (χ4n) is 2.09. The second-order valence-corrected chi connectivity index (χ2v) is 5.13. The summed E-state index contributed by atoms with van der Waals surface area (Å²) in [6.07, 6.45) is 2.17. The Morgan fingerprint density at radius 3 is 2.36 bits per heavy atom. The van der Waals surface area contributed by atoms with Gasteiger partial charge in [-0.05, 0) is 23.7 Å². The molecule has 3 nitrogen and oxygen atoms in total. The predicted molar refractivity (Wildman–Crippen MR) is 54.2 cm³/mol. The van der Waals surface area contributed by atoms with E-state index in [2.05, 4.69) is 6.92 Å². The van der Waals surface area contributed by atoms with Crippen LogP contribution in [0.5, 0.6) is 0 Å². The van der Waals surface area contributed by atoms with Gasteiger partial charge in [-0.15, -0.1) is 0 Å². The third-order valence-electron chi connectivity index (χ3n) is 3.82. The lowest BCUT2D eigenvalue weighted by atomic mass is 9.61. The molecule has 0 saturated carbocycles. The molecule has 0 atom stereocenters. The van der Waals surface area contributed by atoms with Gasteiger partial charge in [0, 0.05) is 13.2 Å². The lowest BCUT2D eigenvalue weighted by molar-refractivity contribution is -0.143. The number of hydrogen-bond donors (Lipinski definition) is 1. The van der Waals surface area contributed by atoms with Crippen LogP contribution in [0.25, 0.3) is 0 Å². The van der Waals surface area contributed by atoms with E-state index in [1.807, 2.05) is 13.8 Å². The van der Waals surface area contributed by atoms with Crippen molar-refractivity contribution in [2.24, 2.45) is 10.8 Å². The van der Waals surface area contributed by atoms with Crippen LogP contribution < -0.4 is 0 Å². The maximum absolute atomic E-state index is 10.8. The van der Waals surface area contributed by atoms with Crippen molar-refractivity contribution in [1.29, 1.82) is 0 Å². The highest BCUT2D eigenvalue weighted by Crippen LogP contribution is 2.48. The molecule has 1 aliphatic rings. The molecule has 1 saturated heterocycles. The Balaban J connectivity index is 2.72. The minimum absolute atomic E-state index is 0.101. The molecule has 1 fully saturated rings. The summed E-state index contributed by atoms with van der Waals surface area (Å²) in [6, 6.07) is 0. The van der Waals surface area contributed by atoms with E-state index >= 15 is 0 Å². The van der Waals surface area contributed by atoms with Crippen LogP contribution in [0.1, 0.15) is 40.0 Å². The molecule has 3 heteroatoms. The first-order chi connectivity index (χ1) is 6.37. The van der Waals surface area contributed by atoms with E-state index < -0.39 is 5.97 Å². The first-order valence-electron chi connectivity index (χ1n) is 5.17. The van der Waals surface area contributed by atoms with Crippen molar-refractivity contribution >= 4 is 5.97 Å². The summed E-state index contributed by atoms with van der Waals surface area (Å²) in [5.74, 6) is -0.706. The molecule has 82 valence electrons. The van der Waals surface area contributed by atoms with Gasteiger partial charge in [0.15, 0.2) is 0 Å². The molecule has 0 bridgehead atoms. The van der Waals surface area contributed by atoms with Gasteiger partial charge >= 0.3 is 5.97 Å². The van der Waals surface area contributed by atoms with E-state index in [1.54, 1.807) is 0 Å². The molecular weight excluding hydrogens is 180 g/mol. The number of carboxylic acid groups (broad SMARTS) is 1. The van der Waals surface area contributed by atoms with Crippen LogP contribution in [0.3, 0.4) is 0 Å². The number of ether oxygens (including phenoxy) is 1. The van der Waals surface area contributed by atoms with Gasteiger partial charge in [0.05, 0.1) is 6.42 Å². The fraction of sp³-hybridized carbons (Fsp3) is 0.909. The van der Waals surface area contributed by atoms with Crippen LogP contribution >= 0.6 is 0 Å². The molecule has 1 N–H and O–H groups in total. The highest BCUT2D eigenvalue weighted by Gasteiger charge is 2.43. The van der Waals surface area contributed by atoms with Crippen LogP contribution in [-0.2, 0) is 9.53 Å². The van der Waals surface area contributed by atoms with Gasteiger partial charge in [0.2, 0.25) is 0 Å². The first kappa shape index (κ1) is 11.5. The smallest absolute Gasteiger partial charge is 0.303 e. The third-order valence-corrected chi connectivity index (χ3v) is 3.82. The lowest BCUT2D eigenvalue weighted by Crippen LogP contribution is -2.41. The summed E-state index contributed by atoms with van der Waals surface area (Å²) in [5.41, 5.74) is -0.0494. The Labute approximate surface area is 85.5 Å². The van der Waals surface area contributed by atoms with E-state index in [0.29, 0.717) is 0 Å². The number of aliphatic carboxylic acids is 1. The van der Waals surface area contributed by atoms with Gasteiger partial charge in [-0.3, -0.25) is 4.79 Å². The molecule has 1 aliphatic heterocycles. The lowest BCUT2D eigenvalue weighted by Gasteiger charge is -2.46. The second kappa shape index (κ2) is 3.89. The Bertz CT molecular complexity index is 215. The summed E-state index contributed by atoms with van der Waals surface area (Å²) in [6.45, 7) is 7.80. The van der Waals surface area contributed by atoms with Gasteiger partial charge < -0.3 is 9.84 Å². The Morgan fingerprint density at radius 1 is 1.43 bits per heavy atom. The Kier molecular flexibility index (Phi) is 3.20. The van der Waals surface area contributed by atoms with Gasteiger partial charge in [-0.2, -0.15) is 0 Å². The van der Waals surface area contributed by atoms with Crippen molar-refractivity contribution in [2.75, 3.05) is 13.2 Å². The molecule has 0 unspecified atom stereocenters. The monoisotopic (exact) mass is 200 g/mol. The van der Waals surface area contributed by atoms with Crippen LogP contribution in [-0.4, -0.2) is 24.3 Å². The molecular formula is C11H20O3. The first-order valence-corrected chi connectivity index (χ1v) is 5.17. The maximum Gasteiger partial charge on any atom is 0.303 e. The van der Waals surface area contributed by atoms with Crippen LogP contribution in [0.4, 0.5) is 0 Å². The summed E-state index contributed by atoms with van der Waals surface area (Å²) < 4.78 is 5.32. The highest BCUT2D eigenvalue weighted by atomic mass is 16.5. The van der Waals surface area contributed by atoms with E-state index in [-0.39, 0.29) is 17.3 Å². The maximum atomic E-state index is 10.8. The molecule has 0 spiro atoms. The molecule has 0 aromatic carbocycles. The predicted octanol–water partition coefficient (Wildman–Crippen LogP) is 2.30. The van der Waals surface area contributed by atoms with Gasteiger partial charge in [0.1, 0.15) is 0 Å². The number of carboxylic acids is 1. The van der Waals surface area contributed by atoms with E-state index in [9.17, 15) is 4.79 Å². The number of rotatable bonds is 3. The van der Waals surface area contributed by atoms with Gasteiger partial charge in [-0.1, -0.05) is 20.8 Å². The van der Waals surface area contributed by atoms with Crippen LogP contribution in [0.2, 0.25) is 0 Å². The molecule has 0 radical (unpaired) electrons. The van der Waals surface area contributed by atoms with Crippen molar-refractivity contribution in [3.05, 3.63) is 0 Å². The Hall–Kier alpha value is -0.570. The van der Waals surface area contributed by atoms with E-state index in [4.69, 9.17) is 9.84 Å². The van der Waals surface area contributed by atoms with Crippen molar-refractivity contribution in [3.63, 3.8) is 0 Å². The highest BCUT2D eigenvalue weighted by molar-refractivity contribution is 5.67. The SMILES string of the molecule is CC(C)(CC(=O)O)C1(C)CCOCC1. The topological polar surface area (TPSA) is 46.5 Å². The third kappa shape index (κ3) is 2.27. The molecule has 0 aromatic heterocycles. The summed E-state index contributed by atoms with van der Waals surface area (Å²) >= 11 is 0. The summed E-state index contributed by atoms with van der Waals surface area (Å²) in [4.78, 5) is 10.8. The minimum atomic E-state index is -0.706. The van der Waals surface area contributed by atoms with Gasteiger partial charge in [-0.25, -0.2) is 0 Å². The normalized spacial score (nSPS) is 21.9. The molecule has 14 heavy (non-hydrogen) atoms. The molecule has 1 rings (SSSR count). The summed E-state index contributed by atoms with van der Waals surface area (Å²) in [5, 5.41) is 8.86. The second-order valence-electron chi connectivity index (χ2n) is 5.13. The van der Waals surface area contributed by atoms with E-state index in [0.717, 1.165) is 26.1 Å². The molecule has 0 aliphatic carbocycles. The number of hydrogen-bond acceptors (Lipinski definition) is 2. The standard InChI is InChI=1S/C11H20O3/c1-10(2,8-9(12)13)11(3)4-6-14-7-5-11/h4-8H2,1-3H3,(H,12,13). The fourth-order valence-corrected chi connectivity index (χ4v) is 2.09. The average molecular weight is 200 g/mol. The van der Waals surface area contributed by atoms with Crippen molar-refractivity contribution < 1.29 is 14.6 Å². The average Bonchev–Trinajstić information content (AvgIpc) is 2.02. The zero-order valence-corrected chi connectivity index (χ0v) is 9.30. The van der Waals surface area contributed by atoms with Crippen LogP contribution in [0.15, 0.2) is 0 Å². The zero-order valence-electron chi connectivity index (χ0n) is 9.30.